The fourth-order valence-corrected chi connectivity index (χ4v) is 3.34. The van der Waals surface area contributed by atoms with Crippen molar-refractivity contribution in [2.45, 2.75) is 18.6 Å². The van der Waals surface area contributed by atoms with Crippen LogP contribution in [0.15, 0.2) is 35.2 Å². The highest BCUT2D eigenvalue weighted by Gasteiger charge is 2.54. The fourth-order valence-electron chi connectivity index (χ4n) is 2.75. The van der Waals surface area contributed by atoms with E-state index in [-0.39, 0.29) is 0 Å². The molecule has 1 aliphatic heterocycles. The molecule has 1 aromatic rings. The number of hydrogen-bond donors (Lipinski definition) is 1. The largest absolute Gasteiger partial charge is 0.497 e. The van der Waals surface area contributed by atoms with Crippen LogP contribution in [0, 0.1) is 5.92 Å². The van der Waals surface area contributed by atoms with Crippen LogP contribution in [0.4, 0.5) is 0 Å². The summed E-state index contributed by atoms with van der Waals surface area (Å²) in [5.41, 5.74) is 0.00154. The quantitative estimate of drug-likeness (QED) is 0.913. The van der Waals surface area contributed by atoms with Crippen molar-refractivity contribution in [2.24, 2.45) is 11.1 Å². The SMILES string of the molecule is COC1=C[C@](C)(O)[C@@H]2C(c3c(Cl)cccc3Cl)=NO[C@H]12. The number of methoxy groups -OCH3 is 1. The predicted octanol–water partition coefficient (Wildman–Crippen LogP) is 3.01. The number of ether oxygens (including phenoxy) is 1. The first-order valence-electron chi connectivity index (χ1n) is 6.13. The van der Waals surface area contributed by atoms with Crippen molar-refractivity contribution in [3.05, 3.63) is 45.6 Å². The van der Waals surface area contributed by atoms with Gasteiger partial charge in [0, 0.05) is 5.56 Å². The number of aliphatic hydroxyl groups is 1. The van der Waals surface area contributed by atoms with Crippen molar-refractivity contribution in [3.63, 3.8) is 0 Å². The van der Waals surface area contributed by atoms with E-state index >= 15 is 0 Å². The van der Waals surface area contributed by atoms with Gasteiger partial charge in [-0.05, 0) is 25.1 Å². The molecule has 2 aliphatic rings. The van der Waals surface area contributed by atoms with Gasteiger partial charge >= 0.3 is 0 Å². The van der Waals surface area contributed by atoms with Crippen LogP contribution in [-0.4, -0.2) is 29.6 Å². The van der Waals surface area contributed by atoms with Crippen molar-refractivity contribution in [1.82, 2.24) is 0 Å². The minimum absolute atomic E-state index is 0.394. The number of rotatable bonds is 2. The maximum absolute atomic E-state index is 10.6. The second-order valence-corrected chi connectivity index (χ2v) is 5.87. The minimum atomic E-state index is -1.13. The summed E-state index contributed by atoms with van der Waals surface area (Å²) < 4.78 is 5.24. The number of benzene rings is 1. The van der Waals surface area contributed by atoms with E-state index in [9.17, 15) is 5.11 Å². The molecule has 1 aromatic carbocycles. The predicted molar refractivity (Wildman–Crippen MR) is 77.1 cm³/mol. The molecule has 0 bridgehead atoms. The zero-order valence-electron chi connectivity index (χ0n) is 10.9. The van der Waals surface area contributed by atoms with Crippen molar-refractivity contribution in [2.75, 3.05) is 7.11 Å². The maximum Gasteiger partial charge on any atom is 0.195 e. The summed E-state index contributed by atoms with van der Waals surface area (Å²) in [5.74, 6) is 0.164. The molecule has 106 valence electrons. The topological polar surface area (TPSA) is 51.0 Å². The Balaban J connectivity index is 2.07. The van der Waals surface area contributed by atoms with E-state index in [0.717, 1.165) is 0 Å². The van der Waals surface area contributed by atoms with Gasteiger partial charge in [-0.25, -0.2) is 0 Å². The van der Waals surface area contributed by atoms with E-state index < -0.39 is 17.6 Å². The van der Waals surface area contributed by atoms with Crippen LogP contribution in [0.3, 0.4) is 0 Å². The number of nitrogens with zero attached hydrogens (tertiary/aromatic N) is 1. The second-order valence-electron chi connectivity index (χ2n) is 5.05. The summed E-state index contributed by atoms with van der Waals surface area (Å²) >= 11 is 12.4. The van der Waals surface area contributed by atoms with Gasteiger partial charge in [-0.3, -0.25) is 0 Å². The number of oxime groups is 1. The molecule has 0 radical (unpaired) electrons. The molecule has 0 spiro atoms. The van der Waals surface area contributed by atoms with E-state index in [1.807, 2.05) is 0 Å². The van der Waals surface area contributed by atoms with Gasteiger partial charge in [-0.1, -0.05) is 34.4 Å². The third kappa shape index (κ3) is 1.91. The van der Waals surface area contributed by atoms with Crippen LogP contribution in [-0.2, 0) is 9.57 Å². The summed E-state index contributed by atoms with van der Waals surface area (Å²) in [7, 11) is 1.54. The summed E-state index contributed by atoms with van der Waals surface area (Å²) in [4.78, 5) is 5.41. The molecule has 0 unspecified atom stereocenters. The molecular formula is C14H13Cl2NO3. The number of fused-ring (bicyclic) bond motifs is 1. The van der Waals surface area contributed by atoms with E-state index in [2.05, 4.69) is 5.16 Å². The van der Waals surface area contributed by atoms with Gasteiger partial charge in [-0.15, -0.1) is 0 Å². The Morgan fingerprint density at radius 2 is 2.00 bits per heavy atom. The van der Waals surface area contributed by atoms with Gasteiger partial charge in [0.2, 0.25) is 0 Å². The number of hydrogen-bond acceptors (Lipinski definition) is 4. The van der Waals surface area contributed by atoms with E-state index in [0.29, 0.717) is 27.1 Å². The highest BCUT2D eigenvalue weighted by Crippen LogP contribution is 2.44. The van der Waals surface area contributed by atoms with Crippen LogP contribution in [0.25, 0.3) is 0 Å². The molecule has 0 aromatic heterocycles. The van der Waals surface area contributed by atoms with Gasteiger partial charge in [0.05, 0.1) is 28.7 Å². The molecule has 4 nitrogen and oxygen atoms in total. The Hall–Kier alpha value is -1.23. The molecular weight excluding hydrogens is 301 g/mol. The molecule has 3 atom stereocenters. The summed E-state index contributed by atoms with van der Waals surface area (Å²) in [6.07, 6.45) is 1.19. The van der Waals surface area contributed by atoms with Gasteiger partial charge in [0.1, 0.15) is 11.5 Å². The molecule has 0 saturated carbocycles. The van der Waals surface area contributed by atoms with Gasteiger partial charge < -0.3 is 14.7 Å². The molecule has 3 rings (SSSR count). The van der Waals surface area contributed by atoms with Crippen LogP contribution < -0.4 is 0 Å². The summed E-state index contributed by atoms with van der Waals surface area (Å²) in [6.45, 7) is 1.69. The van der Waals surface area contributed by atoms with Crippen molar-refractivity contribution in [1.29, 1.82) is 0 Å². The standard InChI is InChI=1S/C14H13Cl2NO3/c1-14(18)6-9(19-2)13-11(14)12(17-20-13)10-7(15)4-3-5-8(10)16/h3-6,11,13,18H,1-2H3/t11-,13-,14+/m1/s1. The van der Waals surface area contributed by atoms with E-state index in [1.54, 1.807) is 31.2 Å². The highest BCUT2D eigenvalue weighted by atomic mass is 35.5. The second kappa shape index (κ2) is 4.65. The van der Waals surface area contributed by atoms with Crippen LogP contribution in [0.5, 0.6) is 0 Å². The lowest BCUT2D eigenvalue weighted by Crippen LogP contribution is -2.38. The Morgan fingerprint density at radius 3 is 2.60 bits per heavy atom. The normalized spacial score (nSPS) is 31.4. The lowest BCUT2D eigenvalue weighted by atomic mass is 9.84. The first-order chi connectivity index (χ1) is 9.45. The Bertz CT molecular complexity index is 605. The zero-order valence-corrected chi connectivity index (χ0v) is 12.4. The monoisotopic (exact) mass is 313 g/mol. The summed E-state index contributed by atoms with van der Waals surface area (Å²) in [5, 5.41) is 15.6. The molecule has 1 heterocycles. The van der Waals surface area contributed by atoms with Crippen LogP contribution >= 0.6 is 23.2 Å². The van der Waals surface area contributed by atoms with E-state index in [4.69, 9.17) is 32.8 Å². The Kier molecular flexibility index (Phi) is 3.20. The molecule has 1 N–H and O–H groups in total. The van der Waals surface area contributed by atoms with Crippen LogP contribution in [0.1, 0.15) is 12.5 Å². The molecule has 20 heavy (non-hydrogen) atoms. The minimum Gasteiger partial charge on any atom is -0.497 e. The fraction of sp³-hybridized carbons (Fsp3) is 0.357. The Morgan fingerprint density at radius 1 is 1.35 bits per heavy atom. The third-order valence-corrected chi connectivity index (χ3v) is 4.29. The first kappa shape index (κ1) is 13.7. The lowest BCUT2D eigenvalue weighted by Gasteiger charge is -2.24. The van der Waals surface area contributed by atoms with Gasteiger partial charge in [0.15, 0.2) is 6.10 Å². The van der Waals surface area contributed by atoms with Gasteiger partial charge in [0.25, 0.3) is 0 Å². The highest BCUT2D eigenvalue weighted by molar-refractivity contribution is 6.40. The third-order valence-electron chi connectivity index (χ3n) is 3.66. The Labute approximate surface area is 126 Å². The smallest absolute Gasteiger partial charge is 0.195 e. The first-order valence-corrected chi connectivity index (χ1v) is 6.88. The molecule has 0 saturated heterocycles. The molecule has 1 aliphatic carbocycles. The van der Waals surface area contributed by atoms with Crippen molar-refractivity contribution >= 4 is 28.9 Å². The summed E-state index contributed by atoms with van der Waals surface area (Å²) in [6, 6.07) is 5.22. The molecule has 6 heteroatoms. The number of halogens is 2. The van der Waals surface area contributed by atoms with Gasteiger partial charge in [-0.2, -0.15) is 0 Å². The van der Waals surface area contributed by atoms with E-state index in [1.165, 1.54) is 7.11 Å². The zero-order chi connectivity index (χ0) is 14.5. The maximum atomic E-state index is 10.6. The van der Waals surface area contributed by atoms with Crippen molar-refractivity contribution < 1.29 is 14.7 Å². The molecule has 0 fully saturated rings. The average Bonchev–Trinajstić information content (AvgIpc) is 2.90. The average molecular weight is 314 g/mol. The van der Waals surface area contributed by atoms with Crippen LogP contribution in [0.2, 0.25) is 10.0 Å². The van der Waals surface area contributed by atoms with Crippen molar-refractivity contribution in [3.8, 4) is 0 Å². The lowest BCUT2D eigenvalue weighted by molar-refractivity contribution is 0.0109. The molecule has 0 amide bonds.